The minimum Gasteiger partial charge on any atom is -0.496 e. The molecule has 3 aromatic rings. The first-order valence-corrected chi connectivity index (χ1v) is 10.4. The van der Waals surface area contributed by atoms with Crippen LogP contribution in [0.15, 0.2) is 41.1 Å². The van der Waals surface area contributed by atoms with Crippen molar-refractivity contribution in [3.05, 3.63) is 47.7 Å². The summed E-state index contributed by atoms with van der Waals surface area (Å²) in [5, 5.41) is 15.6. The SMILES string of the molecule is COc1ccc(-c2cnoc2-c2cc(C)c(C)c(OC)c2)cc1NC(=O)C([NH3+])CCC(=O)O. The van der Waals surface area contributed by atoms with Gasteiger partial charge in [-0.1, -0.05) is 11.2 Å². The first-order chi connectivity index (χ1) is 15.7. The third-order valence-electron chi connectivity index (χ3n) is 5.52. The van der Waals surface area contributed by atoms with E-state index >= 15 is 0 Å². The molecule has 9 heteroatoms. The largest absolute Gasteiger partial charge is 0.496 e. The summed E-state index contributed by atoms with van der Waals surface area (Å²) in [6, 6.07) is 8.52. The number of carboxylic acid groups (broad SMARTS) is 1. The molecule has 1 unspecified atom stereocenters. The van der Waals surface area contributed by atoms with Gasteiger partial charge >= 0.3 is 5.97 Å². The molecule has 3 rings (SSSR count). The second kappa shape index (κ2) is 10.2. The van der Waals surface area contributed by atoms with Crippen molar-refractivity contribution in [1.29, 1.82) is 0 Å². The molecule has 0 saturated heterocycles. The molecule has 174 valence electrons. The van der Waals surface area contributed by atoms with E-state index in [1.165, 1.54) is 7.11 Å². The molecular formula is C24H28N3O6+. The molecule has 0 radical (unpaired) electrons. The van der Waals surface area contributed by atoms with Crippen molar-refractivity contribution in [3.8, 4) is 33.9 Å². The molecule has 33 heavy (non-hydrogen) atoms. The fourth-order valence-corrected chi connectivity index (χ4v) is 3.46. The Kier molecular flexibility index (Phi) is 7.34. The number of carbonyl (C=O) groups excluding carboxylic acids is 1. The average molecular weight is 455 g/mol. The molecular weight excluding hydrogens is 426 g/mol. The van der Waals surface area contributed by atoms with Gasteiger partial charge in [0.2, 0.25) is 0 Å². The van der Waals surface area contributed by atoms with Gasteiger partial charge in [-0.3, -0.25) is 9.59 Å². The van der Waals surface area contributed by atoms with Crippen LogP contribution in [0.3, 0.4) is 0 Å². The van der Waals surface area contributed by atoms with Crippen molar-refractivity contribution in [2.45, 2.75) is 32.7 Å². The number of benzene rings is 2. The van der Waals surface area contributed by atoms with E-state index in [0.29, 0.717) is 17.2 Å². The molecule has 0 fully saturated rings. The summed E-state index contributed by atoms with van der Waals surface area (Å²) in [4.78, 5) is 23.3. The van der Waals surface area contributed by atoms with Crippen LogP contribution in [0.2, 0.25) is 0 Å². The van der Waals surface area contributed by atoms with Crippen LogP contribution in [-0.2, 0) is 9.59 Å². The van der Waals surface area contributed by atoms with Crippen molar-refractivity contribution >= 4 is 17.6 Å². The molecule has 0 saturated carbocycles. The molecule has 9 nitrogen and oxygen atoms in total. The normalized spacial score (nSPS) is 11.7. The number of aliphatic carboxylic acids is 1. The van der Waals surface area contributed by atoms with E-state index in [2.05, 4.69) is 16.2 Å². The molecule has 0 aliphatic heterocycles. The van der Waals surface area contributed by atoms with Crippen LogP contribution in [-0.4, -0.2) is 42.4 Å². The molecule has 0 bridgehead atoms. The van der Waals surface area contributed by atoms with Crippen LogP contribution < -0.4 is 20.5 Å². The van der Waals surface area contributed by atoms with Gasteiger partial charge in [0.1, 0.15) is 11.5 Å². The second-order valence-electron chi connectivity index (χ2n) is 7.72. The fraction of sp³-hybridized carbons (Fsp3) is 0.292. The first kappa shape index (κ1) is 23.8. The number of rotatable bonds is 9. The number of aryl methyl sites for hydroxylation is 1. The Morgan fingerprint density at radius 3 is 2.52 bits per heavy atom. The number of nitrogens with one attached hydrogen (secondary N) is 1. The van der Waals surface area contributed by atoms with Gasteiger partial charge in [0.05, 0.1) is 32.5 Å². The molecule has 1 amide bonds. The average Bonchev–Trinajstić information content (AvgIpc) is 3.29. The lowest BCUT2D eigenvalue weighted by molar-refractivity contribution is -0.403. The Hall–Kier alpha value is -3.85. The maximum atomic E-state index is 12.6. The third-order valence-corrected chi connectivity index (χ3v) is 5.52. The van der Waals surface area contributed by atoms with Crippen LogP contribution >= 0.6 is 0 Å². The summed E-state index contributed by atoms with van der Waals surface area (Å²) < 4.78 is 16.5. The topological polar surface area (TPSA) is 139 Å². The summed E-state index contributed by atoms with van der Waals surface area (Å²) >= 11 is 0. The molecule has 1 atom stereocenters. The van der Waals surface area contributed by atoms with Crippen LogP contribution in [0.4, 0.5) is 5.69 Å². The van der Waals surface area contributed by atoms with E-state index in [1.807, 2.05) is 32.0 Å². The van der Waals surface area contributed by atoms with E-state index in [0.717, 1.165) is 33.6 Å². The Labute approximate surface area is 191 Å². The van der Waals surface area contributed by atoms with Gasteiger partial charge in [-0.2, -0.15) is 0 Å². The Morgan fingerprint density at radius 1 is 1.12 bits per heavy atom. The highest BCUT2D eigenvalue weighted by Gasteiger charge is 2.21. The number of hydrogen-bond acceptors (Lipinski definition) is 6. The summed E-state index contributed by atoms with van der Waals surface area (Å²) in [5.74, 6) is 0.409. The number of hydrogen-bond donors (Lipinski definition) is 3. The van der Waals surface area contributed by atoms with Crippen LogP contribution in [0.25, 0.3) is 22.5 Å². The first-order valence-electron chi connectivity index (χ1n) is 10.4. The smallest absolute Gasteiger partial charge is 0.303 e. The highest BCUT2D eigenvalue weighted by Crippen LogP contribution is 2.38. The van der Waals surface area contributed by atoms with Gasteiger partial charge in [-0.25, -0.2) is 0 Å². The van der Waals surface area contributed by atoms with Crippen LogP contribution in [0, 0.1) is 13.8 Å². The molecule has 2 aromatic carbocycles. The summed E-state index contributed by atoms with van der Waals surface area (Å²) in [5.41, 5.74) is 8.60. The number of nitrogens with zero attached hydrogens (tertiary/aromatic N) is 1. The third kappa shape index (κ3) is 5.32. The summed E-state index contributed by atoms with van der Waals surface area (Å²) in [7, 11) is 3.13. The Morgan fingerprint density at radius 2 is 1.85 bits per heavy atom. The maximum Gasteiger partial charge on any atom is 0.303 e. The fourth-order valence-electron chi connectivity index (χ4n) is 3.46. The number of carbonyl (C=O) groups is 2. The maximum absolute atomic E-state index is 12.6. The van der Waals surface area contributed by atoms with Gasteiger partial charge in [-0.05, 0) is 54.8 Å². The Bertz CT molecular complexity index is 1170. The standard InChI is InChI=1S/C24H27N3O6/c1-13-9-16(11-21(32-4)14(13)2)23-17(12-26-33-23)15-5-7-20(31-3)19(10-15)27-24(30)18(25)6-8-22(28)29/h5,7,9-12,18H,6,8,25H2,1-4H3,(H,27,30)(H,28,29)/p+1. The van der Waals surface area contributed by atoms with Gasteiger partial charge in [0.15, 0.2) is 11.8 Å². The highest BCUT2D eigenvalue weighted by molar-refractivity contribution is 5.96. The van der Waals surface area contributed by atoms with Crippen molar-refractivity contribution < 1.29 is 34.4 Å². The van der Waals surface area contributed by atoms with Gasteiger partial charge in [-0.15, -0.1) is 0 Å². The number of anilines is 1. The van der Waals surface area contributed by atoms with Crippen molar-refractivity contribution in [2.75, 3.05) is 19.5 Å². The monoisotopic (exact) mass is 454 g/mol. The molecule has 1 aromatic heterocycles. The second-order valence-corrected chi connectivity index (χ2v) is 7.72. The van der Waals surface area contributed by atoms with E-state index < -0.39 is 17.9 Å². The van der Waals surface area contributed by atoms with Crippen molar-refractivity contribution in [2.24, 2.45) is 0 Å². The lowest BCUT2D eigenvalue weighted by atomic mass is 9.98. The lowest BCUT2D eigenvalue weighted by Crippen LogP contribution is -2.66. The van der Waals surface area contributed by atoms with Crippen molar-refractivity contribution in [3.63, 3.8) is 0 Å². The zero-order chi connectivity index (χ0) is 24.1. The molecule has 5 N–H and O–H groups in total. The Balaban J connectivity index is 1.95. The highest BCUT2D eigenvalue weighted by atomic mass is 16.5. The minimum atomic E-state index is -0.973. The number of ether oxygens (including phenoxy) is 2. The number of amides is 1. The number of carboxylic acids is 1. The molecule has 0 spiro atoms. The van der Waals surface area contributed by atoms with Crippen LogP contribution in [0.5, 0.6) is 11.5 Å². The summed E-state index contributed by atoms with van der Waals surface area (Å²) in [6.45, 7) is 3.99. The number of methoxy groups -OCH3 is 2. The molecule has 1 heterocycles. The zero-order valence-electron chi connectivity index (χ0n) is 19.1. The van der Waals surface area contributed by atoms with Gasteiger partial charge in [0.25, 0.3) is 5.91 Å². The van der Waals surface area contributed by atoms with Gasteiger partial charge in [0, 0.05) is 17.5 Å². The van der Waals surface area contributed by atoms with E-state index in [-0.39, 0.29) is 12.8 Å². The van der Waals surface area contributed by atoms with Crippen LogP contribution in [0.1, 0.15) is 24.0 Å². The minimum absolute atomic E-state index is 0.133. The van der Waals surface area contributed by atoms with E-state index in [9.17, 15) is 9.59 Å². The number of quaternary nitrogens is 1. The molecule has 0 aliphatic carbocycles. The summed E-state index contributed by atoms with van der Waals surface area (Å²) in [6.07, 6.45) is 1.61. The number of aromatic nitrogens is 1. The van der Waals surface area contributed by atoms with E-state index in [4.69, 9.17) is 19.1 Å². The van der Waals surface area contributed by atoms with Crippen molar-refractivity contribution in [1.82, 2.24) is 5.16 Å². The predicted octanol–water partition coefficient (Wildman–Crippen LogP) is 3.06. The quantitative estimate of drug-likeness (QED) is 0.452. The van der Waals surface area contributed by atoms with E-state index in [1.54, 1.807) is 25.4 Å². The predicted molar refractivity (Wildman–Crippen MR) is 122 cm³/mol. The lowest BCUT2D eigenvalue weighted by Gasteiger charge is -2.14. The molecule has 0 aliphatic rings. The van der Waals surface area contributed by atoms with Gasteiger partial charge < -0.3 is 30.2 Å². The zero-order valence-corrected chi connectivity index (χ0v) is 19.1.